The van der Waals surface area contributed by atoms with Crippen molar-refractivity contribution in [1.82, 2.24) is 19.3 Å². The molecule has 10 nitrogen and oxygen atoms in total. The molecule has 188 valence electrons. The third-order valence-electron chi connectivity index (χ3n) is 7.21. The molecule has 0 unspecified atom stereocenters. The van der Waals surface area contributed by atoms with E-state index in [1.807, 2.05) is 31.4 Å². The highest BCUT2D eigenvalue weighted by atomic mass is 32.2. The molecule has 3 aliphatic heterocycles. The van der Waals surface area contributed by atoms with Crippen LogP contribution in [0.25, 0.3) is 11.3 Å². The molecule has 1 aromatic carbocycles. The first-order valence-electron chi connectivity index (χ1n) is 12.0. The van der Waals surface area contributed by atoms with Gasteiger partial charge in [0.2, 0.25) is 16.0 Å². The predicted molar refractivity (Wildman–Crippen MR) is 140 cm³/mol. The molecule has 2 atom stereocenters. The molecular weight excluding hydrogens is 478 g/mol. The van der Waals surface area contributed by atoms with Crippen molar-refractivity contribution in [2.45, 2.75) is 25.4 Å². The number of rotatable bonds is 5. The Morgan fingerprint density at radius 3 is 2.72 bits per heavy atom. The maximum absolute atomic E-state index is 12.0. The number of ether oxygens (including phenoxy) is 1. The minimum atomic E-state index is -3.15. The third kappa shape index (κ3) is 4.11. The summed E-state index contributed by atoms with van der Waals surface area (Å²) in [4.78, 5) is 18.1. The van der Waals surface area contributed by atoms with Gasteiger partial charge in [-0.25, -0.2) is 23.4 Å². The molecule has 36 heavy (non-hydrogen) atoms. The number of hydrogen-bond acceptors (Lipinski definition) is 9. The number of nitrogens with zero attached hydrogens (tertiary/aromatic N) is 6. The number of likely N-dealkylation sites (N-methyl/N-ethyl adjacent to an activating group) is 1. The summed E-state index contributed by atoms with van der Waals surface area (Å²) in [6, 6.07) is 10.3. The van der Waals surface area contributed by atoms with E-state index in [0.29, 0.717) is 19.1 Å². The lowest BCUT2D eigenvalue weighted by Gasteiger charge is -2.35. The largest absolute Gasteiger partial charge is 0.488 e. The summed E-state index contributed by atoms with van der Waals surface area (Å²) in [6.07, 6.45) is 5.72. The lowest BCUT2D eigenvalue weighted by molar-refractivity contribution is 0.309. The van der Waals surface area contributed by atoms with E-state index in [1.165, 1.54) is 6.26 Å². The Morgan fingerprint density at radius 2 is 1.97 bits per heavy atom. The van der Waals surface area contributed by atoms with Gasteiger partial charge < -0.3 is 19.9 Å². The van der Waals surface area contributed by atoms with Gasteiger partial charge in [0, 0.05) is 61.6 Å². The normalized spacial score (nSPS) is 21.4. The smallest absolute Gasteiger partial charge is 0.227 e. The van der Waals surface area contributed by atoms with Crippen LogP contribution in [0.15, 0.2) is 42.7 Å². The molecule has 2 aromatic heterocycles. The number of aryl methyl sites for hydroxylation is 1. The Bertz CT molecular complexity index is 1430. The van der Waals surface area contributed by atoms with Gasteiger partial charge in [-0.3, -0.25) is 0 Å². The summed E-state index contributed by atoms with van der Waals surface area (Å²) in [6.45, 7) is 4.81. The van der Waals surface area contributed by atoms with E-state index in [1.54, 1.807) is 10.5 Å². The van der Waals surface area contributed by atoms with Gasteiger partial charge in [-0.1, -0.05) is 0 Å². The maximum atomic E-state index is 12.0. The first-order chi connectivity index (χ1) is 17.3. The van der Waals surface area contributed by atoms with Gasteiger partial charge in [0.1, 0.15) is 6.61 Å². The Morgan fingerprint density at radius 1 is 1.11 bits per heavy atom. The fourth-order valence-electron chi connectivity index (χ4n) is 5.46. The molecule has 6 rings (SSSR count). The molecule has 3 aromatic rings. The molecule has 11 heteroatoms. The summed E-state index contributed by atoms with van der Waals surface area (Å²) in [5.41, 5.74) is 4.78. The number of hydrogen-bond donors (Lipinski definition) is 1. The number of aromatic nitrogens is 3. The SMILES string of the molecule is Cc1cc(Nc2nccc(-c3cnc4c(c3)OCCN4C)n2)ccc1N1C[C@@H]2C[C@H]1CN2S(C)(=O)=O. The van der Waals surface area contributed by atoms with Crippen LogP contribution in [0.2, 0.25) is 0 Å². The topological polar surface area (TPSA) is 104 Å². The molecule has 0 aliphatic carbocycles. The summed E-state index contributed by atoms with van der Waals surface area (Å²) in [5, 5.41) is 3.31. The molecule has 1 N–H and O–H groups in total. The Hall–Kier alpha value is -3.44. The number of piperazine rings is 1. The Balaban J connectivity index is 1.19. The molecule has 0 amide bonds. The monoisotopic (exact) mass is 507 g/mol. The maximum Gasteiger partial charge on any atom is 0.227 e. The minimum Gasteiger partial charge on any atom is -0.488 e. The zero-order chi connectivity index (χ0) is 25.0. The zero-order valence-corrected chi connectivity index (χ0v) is 21.4. The molecule has 0 spiro atoms. The van der Waals surface area contributed by atoms with E-state index < -0.39 is 10.0 Å². The zero-order valence-electron chi connectivity index (χ0n) is 20.5. The van der Waals surface area contributed by atoms with Gasteiger partial charge in [-0.15, -0.1) is 0 Å². The molecular formula is C25H29N7O3S. The van der Waals surface area contributed by atoms with Crippen molar-refractivity contribution in [2.24, 2.45) is 0 Å². The van der Waals surface area contributed by atoms with Crippen LogP contribution in [0, 0.1) is 6.92 Å². The standard InChI is InChI=1S/C25H29N7O3S/c1-16-10-18(4-5-22(16)31-14-20-12-19(31)15-32(20)36(3,33)34)28-25-26-7-6-21(29-25)17-11-23-24(27-13-17)30(2)8-9-35-23/h4-7,10-11,13,19-20H,8-9,12,14-15H2,1-3H3,(H,26,28,29)/t19-,20-/m0/s1. The second kappa shape index (κ2) is 8.59. The highest BCUT2D eigenvalue weighted by Crippen LogP contribution is 2.38. The summed E-state index contributed by atoms with van der Waals surface area (Å²) in [7, 11) is -1.15. The van der Waals surface area contributed by atoms with Crippen LogP contribution in [-0.4, -0.2) is 79.3 Å². The van der Waals surface area contributed by atoms with Crippen LogP contribution in [0.5, 0.6) is 5.75 Å². The summed E-state index contributed by atoms with van der Waals surface area (Å²) in [5.74, 6) is 2.10. The van der Waals surface area contributed by atoms with Crippen molar-refractivity contribution in [3.8, 4) is 17.0 Å². The number of anilines is 4. The molecule has 3 aliphatic rings. The molecule has 0 saturated carbocycles. The van der Waals surface area contributed by atoms with Gasteiger partial charge in [0.05, 0.1) is 18.5 Å². The number of benzene rings is 1. The van der Waals surface area contributed by atoms with Crippen molar-refractivity contribution >= 4 is 33.2 Å². The summed E-state index contributed by atoms with van der Waals surface area (Å²) < 4.78 is 31.5. The third-order valence-corrected chi connectivity index (χ3v) is 8.51. The van der Waals surface area contributed by atoms with Crippen molar-refractivity contribution in [2.75, 3.05) is 54.7 Å². The van der Waals surface area contributed by atoms with E-state index in [4.69, 9.17) is 9.72 Å². The average molecular weight is 508 g/mol. The van der Waals surface area contributed by atoms with E-state index in [0.717, 1.165) is 59.3 Å². The predicted octanol–water partition coefficient (Wildman–Crippen LogP) is 2.64. The van der Waals surface area contributed by atoms with Crippen LogP contribution in [0.3, 0.4) is 0 Å². The lowest BCUT2D eigenvalue weighted by atomic mass is 10.1. The van der Waals surface area contributed by atoms with Crippen LogP contribution in [-0.2, 0) is 10.0 Å². The number of fused-ring (bicyclic) bond motifs is 3. The van der Waals surface area contributed by atoms with E-state index in [2.05, 4.69) is 44.1 Å². The first-order valence-corrected chi connectivity index (χ1v) is 13.9. The molecule has 0 radical (unpaired) electrons. The molecule has 2 saturated heterocycles. The van der Waals surface area contributed by atoms with Gasteiger partial charge in [0.25, 0.3) is 0 Å². The highest BCUT2D eigenvalue weighted by Gasteiger charge is 2.47. The Labute approximate surface area is 211 Å². The van der Waals surface area contributed by atoms with Crippen molar-refractivity contribution in [3.05, 3.63) is 48.3 Å². The Kier molecular flexibility index (Phi) is 5.49. The van der Waals surface area contributed by atoms with Gasteiger partial charge in [-0.05, 0) is 49.2 Å². The second-order valence-corrected chi connectivity index (χ2v) is 11.7. The van der Waals surface area contributed by atoms with Crippen molar-refractivity contribution in [1.29, 1.82) is 0 Å². The van der Waals surface area contributed by atoms with Gasteiger partial charge in [-0.2, -0.15) is 4.31 Å². The lowest BCUT2D eigenvalue weighted by Crippen LogP contribution is -2.48. The molecule has 2 bridgehead atoms. The highest BCUT2D eigenvalue weighted by molar-refractivity contribution is 7.88. The average Bonchev–Trinajstić information content (AvgIpc) is 3.46. The van der Waals surface area contributed by atoms with E-state index in [9.17, 15) is 8.42 Å². The van der Waals surface area contributed by atoms with Gasteiger partial charge >= 0.3 is 0 Å². The van der Waals surface area contributed by atoms with Crippen molar-refractivity contribution < 1.29 is 13.2 Å². The van der Waals surface area contributed by atoms with E-state index >= 15 is 0 Å². The number of pyridine rings is 1. The fraction of sp³-hybridized carbons (Fsp3) is 0.400. The van der Waals surface area contributed by atoms with Crippen LogP contribution in [0.4, 0.5) is 23.1 Å². The summed E-state index contributed by atoms with van der Waals surface area (Å²) >= 11 is 0. The minimum absolute atomic E-state index is 0.0576. The molecule has 2 fully saturated rings. The quantitative estimate of drug-likeness (QED) is 0.558. The van der Waals surface area contributed by atoms with Crippen molar-refractivity contribution in [3.63, 3.8) is 0 Å². The second-order valence-electron chi connectivity index (χ2n) is 9.74. The van der Waals surface area contributed by atoms with Crippen LogP contribution in [0.1, 0.15) is 12.0 Å². The van der Waals surface area contributed by atoms with E-state index in [-0.39, 0.29) is 12.1 Å². The fourth-order valence-corrected chi connectivity index (χ4v) is 6.60. The molecule has 5 heterocycles. The number of sulfonamides is 1. The number of nitrogens with one attached hydrogen (secondary N) is 1. The van der Waals surface area contributed by atoms with Crippen LogP contribution < -0.4 is 19.9 Å². The van der Waals surface area contributed by atoms with Gasteiger partial charge in [0.15, 0.2) is 11.6 Å². The first kappa shape index (κ1) is 23.0. The van der Waals surface area contributed by atoms with Crippen LogP contribution >= 0.6 is 0 Å².